The zero-order valence-corrected chi connectivity index (χ0v) is 10.9. The van der Waals surface area contributed by atoms with E-state index < -0.39 is 0 Å². The van der Waals surface area contributed by atoms with Gasteiger partial charge in [-0.15, -0.1) is 6.58 Å². The molecule has 1 unspecified atom stereocenters. The predicted molar refractivity (Wildman–Crippen MR) is 71.6 cm³/mol. The molecule has 1 heteroatoms. The summed E-state index contributed by atoms with van der Waals surface area (Å²) in [6.07, 6.45) is 14.5. The molecule has 0 spiro atoms. The zero-order chi connectivity index (χ0) is 10.6. The van der Waals surface area contributed by atoms with E-state index in [1.54, 1.807) is 0 Å². The van der Waals surface area contributed by atoms with Crippen molar-refractivity contribution in [2.75, 3.05) is 0 Å². The first-order valence-corrected chi connectivity index (χ1v) is 6.42. The molecular formula is C14H31N. The molecule has 0 aliphatic heterocycles. The number of rotatable bonds is 10. The van der Waals surface area contributed by atoms with Gasteiger partial charge in [-0.05, 0) is 18.8 Å². The van der Waals surface area contributed by atoms with Crippen LogP contribution in [0.25, 0.3) is 0 Å². The number of hydrogen-bond donors (Lipinski definition) is 1. The standard InChI is InChI=1S/C14H28.H3N/c1-4-6-7-8-9-10-11-13-14(3)12-5-2;/h4,14H,1,5-13H2,2-3H3;1H3. The highest BCUT2D eigenvalue weighted by Gasteiger charge is 1.99. The molecule has 0 radical (unpaired) electrons. The van der Waals surface area contributed by atoms with Gasteiger partial charge >= 0.3 is 0 Å². The SMILES string of the molecule is C=CCCCCCCCC(C)CCC.N. The topological polar surface area (TPSA) is 35.0 Å². The van der Waals surface area contributed by atoms with Gasteiger partial charge in [0.1, 0.15) is 0 Å². The van der Waals surface area contributed by atoms with E-state index in [0.29, 0.717) is 0 Å². The van der Waals surface area contributed by atoms with Crippen LogP contribution in [0.2, 0.25) is 0 Å². The summed E-state index contributed by atoms with van der Waals surface area (Å²) in [7, 11) is 0. The molecule has 0 bridgehead atoms. The first-order valence-electron chi connectivity index (χ1n) is 6.42. The van der Waals surface area contributed by atoms with Gasteiger partial charge in [0, 0.05) is 0 Å². The van der Waals surface area contributed by atoms with E-state index in [1.165, 1.54) is 57.8 Å². The molecule has 0 fully saturated rings. The van der Waals surface area contributed by atoms with Crippen LogP contribution < -0.4 is 6.15 Å². The van der Waals surface area contributed by atoms with Crippen LogP contribution in [0, 0.1) is 5.92 Å². The van der Waals surface area contributed by atoms with E-state index in [1.807, 2.05) is 6.08 Å². The summed E-state index contributed by atoms with van der Waals surface area (Å²) < 4.78 is 0. The van der Waals surface area contributed by atoms with Crippen LogP contribution in [0.15, 0.2) is 12.7 Å². The molecule has 0 saturated carbocycles. The Morgan fingerprint density at radius 3 is 2.20 bits per heavy atom. The second-order valence-corrected chi connectivity index (χ2v) is 4.53. The van der Waals surface area contributed by atoms with Gasteiger partial charge in [0.2, 0.25) is 0 Å². The van der Waals surface area contributed by atoms with Crippen LogP contribution in [0.4, 0.5) is 0 Å². The van der Waals surface area contributed by atoms with Crippen molar-refractivity contribution in [2.45, 2.75) is 71.6 Å². The molecular weight excluding hydrogens is 182 g/mol. The fraction of sp³-hybridized carbons (Fsp3) is 0.857. The van der Waals surface area contributed by atoms with Crippen molar-refractivity contribution in [3.63, 3.8) is 0 Å². The van der Waals surface area contributed by atoms with Crippen LogP contribution >= 0.6 is 0 Å². The Labute approximate surface area is 96.9 Å². The zero-order valence-electron chi connectivity index (χ0n) is 10.9. The molecule has 92 valence electrons. The maximum atomic E-state index is 3.74. The highest BCUT2D eigenvalue weighted by Crippen LogP contribution is 2.15. The first-order chi connectivity index (χ1) is 6.81. The van der Waals surface area contributed by atoms with Crippen molar-refractivity contribution >= 4 is 0 Å². The summed E-state index contributed by atoms with van der Waals surface area (Å²) in [5.74, 6) is 0.952. The van der Waals surface area contributed by atoms with E-state index in [4.69, 9.17) is 0 Å². The molecule has 0 aliphatic carbocycles. The minimum absolute atomic E-state index is 0. The maximum absolute atomic E-state index is 3.74. The summed E-state index contributed by atoms with van der Waals surface area (Å²) in [4.78, 5) is 0. The number of hydrogen-bond acceptors (Lipinski definition) is 1. The lowest BCUT2D eigenvalue weighted by Crippen LogP contribution is -1.93. The molecule has 3 N–H and O–H groups in total. The molecule has 0 aliphatic rings. The van der Waals surface area contributed by atoms with Gasteiger partial charge < -0.3 is 6.15 Å². The number of unbranched alkanes of at least 4 members (excludes halogenated alkanes) is 5. The molecule has 0 aromatic heterocycles. The van der Waals surface area contributed by atoms with E-state index in [2.05, 4.69) is 20.4 Å². The van der Waals surface area contributed by atoms with Crippen molar-refractivity contribution in [1.29, 1.82) is 0 Å². The summed E-state index contributed by atoms with van der Waals surface area (Å²) in [6, 6.07) is 0. The Morgan fingerprint density at radius 2 is 1.60 bits per heavy atom. The van der Waals surface area contributed by atoms with Crippen molar-refractivity contribution in [1.82, 2.24) is 6.15 Å². The quantitative estimate of drug-likeness (QED) is 0.377. The highest BCUT2D eigenvalue weighted by atomic mass is 14.1. The van der Waals surface area contributed by atoms with E-state index in [0.717, 1.165) is 5.92 Å². The van der Waals surface area contributed by atoms with Gasteiger partial charge in [0.05, 0.1) is 0 Å². The second-order valence-electron chi connectivity index (χ2n) is 4.53. The van der Waals surface area contributed by atoms with Crippen LogP contribution in [-0.4, -0.2) is 0 Å². The maximum Gasteiger partial charge on any atom is -0.0353 e. The molecule has 0 aromatic carbocycles. The van der Waals surface area contributed by atoms with Crippen LogP contribution in [-0.2, 0) is 0 Å². The van der Waals surface area contributed by atoms with Gasteiger partial charge in [-0.2, -0.15) is 0 Å². The first kappa shape index (κ1) is 17.1. The Hall–Kier alpha value is -0.300. The lowest BCUT2D eigenvalue weighted by atomic mass is 9.98. The van der Waals surface area contributed by atoms with Crippen molar-refractivity contribution in [3.05, 3.63) is 12.7 Å². The molecule has 0 saturated heterocycles. The summed E-state index contributed by atoms with van der Waals surface area (Å²) >= 11 is 0. The van der Waals surface area contributed by atoms with E-state index in [9.17, 15) is 0 Å². The van der Waals surface area contributed by atoms with Gasteiger partial charge in [-0.3, -0.25) is 0 Å². The lowest BCUT2D eigenvalue weighted by Gasteiger charge is -2.08. The molecule has 1 nitrogen and oxygen atoms in total. The Bertz CT molecular complexity index is 121. The van der Waals surface area contributed by atoms with E-state index >= 15 is 0 Å². The average molecular weight is 213 g/mol. The van der Waals surface area contributed by atoms with Crippen LogP contribution in [0.3, 0.4) is 0 Å². The van der Waals surface area contributed by atoms with Gasteiger partial charge in [-0.1, -0.05) is 64.9 Å². The minimum atomic E-state index is 0. The Balaban J connectivity index is 0. The van der Waals surface area contributed by atoms with Crippen molar-refractivity contribution in [3.8, 4) is 0 Å². The summed E-state index contributed by atoms with van der Waals surface area (Å²) in [5.41, 5.74) is 0. The predicted octanol–water partition coefficient (Wildman–Crippen LogP) is 5.50. The Morgan fingerprint density at radius 1 is 1.00 bits per heavy atom. The third-order valence-electron chi connectivity index (χ3n) is 2.89. The Kier molecular flexibility index (Phi) is 15.6. The summed E-state index contributed by atoms with van der Waals surface area (Å²) in [5, 5.41) is 0. The van der Waals surface area contributed by atoms with Crippen LogP contribution in [0.5, 0.6) is 0 Å². The molecule has 0 rings (SSSR count). The molecule has 0 amide bonds. The second kappa shape index (κ2) is 13.7. The highest BCUT2D eigenvalue weighted by molar-refractivity contribution is 4.65. The average Bonchev–Trinajstić information content (AvgIpc) is 2.17. The largest absolute Gasteiger partial charge is 0.344 e. The molecule has 1 atom stereocenters. The molecule has 0 aromatic rings. The third-order valence-corrected chi connectivity index (χ3v) is 2.89. The summed E-state index contributed by atoms with van der Waals surface area (Å²) in [6.45, 7) is 8.41. The molecule has 15 heavy (non-hydrogen) atoms. The smallest absolute Gasteiger partial charge is 0.0353 e. The van der Waals surface area contributed by atoms with Gasteiger partial charge in [0.25, 0.3) is 0 Å². The van der Waals surface area contributed by atoms with Crippen LogP contribution in [0.1, 0.15) is 71.6 Å². The van der Waals surface area contributed by atoms with E-state index in [-0.39, 0.29) is 6.15 Å². The molecule has 0 heterocycles. The third kappa shape index (κ3) is 13.7. The van der Waals surface area contributed by atoms with Gasteiger partial charge in [-0.25, -0.2) is 0 Å². The normalized spacial score (nSPS) is 11.9. The van der Waals surface area contributed by atoms with Gasteiger partial charge in [0.15, 0.2) is 0 Å². The minimum Gasteiger partial charge on any atom is -0.344 e. The fourth-order valence-corrected chi connectivity index (χ4v) is 1.95. The van der Waals surface area contributed by atoms with Crippen molar-refractivity contribution < 1.29 is 0 Å². The lowest BCUT2D eigenvalue weighted by molar-refractivity contribution is 0.452. The monoisotopic (exact) mass is 213 g/mol. The van der Waals surface area contributed by atoms with Crippen molar-refractivity contribution in [2.24, 2.45) is 5.92 Å². The fourth-order valence-electron chi connectivity index (χ4n) is 1.95. The number of allylic oxidation sites excluding steroid dienone is 1.